The lowest BCUT2D eigenvalue weighted by molar-refractivity contribution is 0.0458. The summed E-state index contributed by atoms with van der Waals surface area (Å²) in [4.78, 5) is 7.35. The topological polar surface area (TPSA) is 28.2 Å². The average Bonchev–Trinajstić information content (AvgIpc) is 2.78. The van der Waals surface area contributed by atoms with Gasteiger partial charge < -0.3 is 5.32 Å². The number of piperidine rings is 3. The van der Waals surface area contributed by atoms with Gasteiger partial charge in [-0.1, -0.05) is 54.6 Å². The van der Waals surface area contributed by atoms with Crippen molar-refractivity contribution in [2.75, 3.05) is 18.4 Å². The summed E-state index contributed by atoms with van der Waals surface area (Å²) in [5, 5.41) is 3.77. The van der Waals surface area contributed by atoms with Crippen molar-refractivity contribution in [2.24, 2.45) is 5.92 Å². The molecule has 1 aromatic heterocycles. The van der Waals surface area contributed by atoms with Gasteiger partial charge in [0.25, 0.3) is 0 Å². The van der Waals surface area contributed by atoms with Gasteiger partial charge in [0.2, 0.25) is 0 Å². The molecule has 6 rings (SSSR count). The fourth-order valence-corrected chi connectivity index (χ4v) is 4.85. The normalized spacial score (nSPS) is 26.2. The molecule has 28 heavy (non-hydrogen) atoms. The van der Waals surface area contributed by atoms with Crippen LogP contribution >= 0.6 is 0 Å². The Balaban J connectivity index is 1.30. The number of nitrogens with zero attached hydrogens (tertiary/aromatic N) is 2. The Morgan fingerprint density at radius 3 is 2.14 bits per heavy atom. The summed E-state index contributed by atoms with van der Waals surface area (Å²) in [5.74, 6) is 0.796. The molecule has 3 saturated heterocycles. The first-order valence-corrected chi connectivity index (χ1v) is 10.4. The number of anilines is 1. The lowest BCUT2D eigenvalue weighted by Gasteiger charge is -2.50. The number of rotatable bonds is 4. The van der Waals surface area contributed by atoms with Crippen molar-refractivity contribution >= 4 is 5.69 Å². The molecule has 2 atom stereocenters. The van der Waals surface area contributed by atoms with Crippen LogP contribution in [0.25, 0.3) is 22.4 Å². The molecule has 0 unspecified atom stereocenters. The average molecular weight is 370 g/mol. The highest BCUT2D eigenvalue weighted by Gasteiger charge is 2.39. The van der Waals surface area contributed by atoms with Gasteiger partial charge in [-0.15, -0.1) is 0 Å². The molecule has 1 N–H and O–H groups in total. The molecule has 142 valence electrons. The third kappa shape index (κ3) is 3.31. The standard InChI is InChI=1S/C25H27N3/c1-18-25(22-13-15-28(18)16-14-22)27-23-11-12-24(26-17-23)21-9-7-20(8-10-21)19-5-3-2-4-6-19/h2-12,17-18,22,25,27H,13-16H2,1H3/t18-,25+/m1/s1. The number of hydrogen-bond acceptors (Lipinski definition) is 3. The first-order valence-electron chi connectivity index (χ1n) is 10.4. The zero-order valence-electron chi connectivity index (χ0n) is 16.4. The first kappa shape index (κ1) is 17.4. The van der Waals surface area contributed by atoms with Crippen LogP contribution in [0.3, 0.4) is 0 Å². The van der Waals surface area contributed by atoms with Crippen LogP contribution < -0.4 is 5.32 Å². The molecule has 0 radical (unpaired) electrons. The van der Waals surface area contributed by atoms with E-state index in [4.69, 9.17) is 4.98 Å². The Kier molecular flexibility index (Phi) is 4.61. The van der Waals surface area contributed by atoms with Crippen LogP contribution in [0.4, 0.5) is 5.69 Å². The van der Waals surface area contributed by atoms with Crippen LogP contribution in [0.5, 0.6) is 0 Å². The molecule has 3 heteroatoms. The summed E-state index contributed by atoms with van der Waals surface area (Å²) in [7, 11) is 0. The van der Waals surface area contributed by atoms with E-state index in [0.717, 1.165) is 22.9 Å². The Labute approximate surface area is 167 Å². The molecular weight excluding hydrogens is 342 g/mol. The maximum absolute atomic E-state index is 4.73. The van der Waals surface area contributed by atoms with E-state index >= 15 is 0 Å². The van der Waals surface area contributed by atoms with E-state index in [2.05, 4.69) is 77.8 Å². The van der Waals surface area contributed by atoms with Crippen molar-refractivity contribution < 1.29 is 0 Å². The lowest BCUT2D eigenvalue weighted by Crippen LogP contribution is -2.59. The van der Waals surface area contributed by atoms with Crippen molar-refractivity contribution in [1.29, 1.82) is 0 Å². The minimum Gasteiger partial charge on any atom is -0.379 e. The van der Waals surface area contributed by atoms with Crippen molar-refractivity contribution in [3.05, 3.63) is 72.9 Å². The van der Waals surface area contributed by atoms with Crippen LogP contribution in [0.15, 0.2) is 72.9 Å². The molecule has 3 aliphatic heterocycles. The van der Waals surface area contributed by atoms with E-state index in [-0.39, 0.29) is 0 Å². The Bertz CT molecular complexity index is 908. The summed E-state index contributed by atoms with van der Waals surface area (Å²) in [5.41, 5.74) is 5.79. The van der Waals surface area contributed by atoms with E-state index in [0.29, 0.717) is 12.1 Å². The van der Waals surface area contributed by atoms with Crippen LogP contribution in [0.1, 0.15) is 19.8 Å². The molecule has 0 aliphatic carbocycles. The molecule has 3 aromatic rings. The molecular formula is C25H27N3. The van der Waals surface area contributed by atoms with Gasteiger partial charge in [-0.2, -0.15) is 0 Å². The monoisotopic (exact) mass is 369 g/mol. The van der Waals surface area contributed by atoms with E-state index in [9.17, 15) is 0 Å². The zero-order chi connectivity index (χ0) is 18.9. The van der Waals surface area contributed by atoms with E-state index in [1.165, 1.54) is 37.1 Å². The summed E-state index contributed by atoms with van der Waals surface area (Å²) < 4.78 is 0. The third-order valence-corrected chi connectivity index (χ3v) is 6.56. The van der Waals surface area contributed by atoms with Crippen LogP contribution in [0.2, 0.25) is 0 Å². The highest BCUT2D eigenvalue weighted by Crippen LogP contribution is 2.34. The first-order chi connectivity index (χ1) is 13.8. The second-order valence-electron chi connectivity index (χ2n) is 8.16. The number of hydrogen-bond donors (Lipinski definition) is 1. The molecule has 2 aromatic carbocycles. The smallest absolute Gasteiger partial charge is 0.0703 e. The Hall–Kier alpha value is -2.65. The van der Waals surface area contributed by atoms with Crippen LogP contribution in [0, 0.1) is 5.92 Å². The van der Waals surface area contributed by atoms with Gasteiger partial charge in [0.15, 0.2) is 0 Å². The van der Waals surface area contributed by atoms with Gasteiger partial charge in [0.05, 0.1) is 17.6 Å². The van der Waals surface area contributed by atoms with E-state index in [1.54, 1.807) is 0 Å². The van der Waals surface area contributed by atoms with E-state index in [1.807, 2.05) is 12.3 Å². The number of benzene rings is 2. The van der Waals surface area contributed by atoms with Crippen LogP contribution in [-0.4, -0.2) is 35.1 Å². The second-order valence-corrected chi connectivity index (χ2v) is 8.16. The summed E-state index contributed by atoms with van der Waals surface area (Å²) >= 11 is 0. The minimum absolute atomic E-state index is 0.542. The number of fused-ring (bicyclic) bond motifs is 3. The quantitative estimate of drug-likeness (QED) is 0.675. The lowest BCUT2D eigenvalue weighted by atomic mass is 9.79. The van der Waals surface area contributed by atoms with Crippen LogP contribution in [-0.2, 0) is 0 Å². The van der Waals surface area contributed by atoms with Crippen molar-refractivity contribution in [1.82, 2.24) is 9.88 Å². The van der Waals surface area contributed by atoms with Gasteiger partial charge >= 0.3 is 0 Å². The molecule has 0 amide bonds. The second kappa shape index (κ2) is 7.40. The van der Waals surface area contributed by atoms with Gasteiger partial charge in [-0.05, 0) is 62.0 Å². The van der Waals surface area contributed by atoms with Gasteiger partial charge in [0.1, 0.15) is 0 Å². The molecule has 3 aliphatic rings. The highest BCUT2D eigenvalue weighted by molar-refractivity contribution is 5.69. The summed E-state index contributed by atoms with van der Waals surface area (Å²) in [6, 6.07) is 24.6. The van der Waals surface area contributed by atoms with E-state index < -0.39 is 0 Å². The van der Waals surface area contributed by atoms with Crippen molar-refractivity contribution in [2.45, 2.75) is 31.8 Å². The maximum Gasteiger partial charge on any atom is 0.0703 e. The molecule has 3 fully saturated rings. The molecule has 3 nitrogen and oxygen atoms in total. The van der Waals surface area contributed by atoms with Gasteiger partial charge in [-0.3, -0.25) is 9.88 Å². The van der Waals surface area contributed by atoms with Crippen molar-refractivity contribution in [3.63, 3.8) is 0 Å². The molecule has 0 saturated carbocycles. The molecule has 2 bridgehead atoms. The summed E-state index contributed by atoms with van der Waals surface area (Å²) in [6.45, 7) is 4.89. The Morgan fingerprint density at radius 2 is 1.50 bits per heavy atom. The fraction of sp³-hybridized carbons (Fsp3) is 0.320. The molecule has 4 heterocycles. The third-order valence-electron chi connectivity index (χ3n) is 6.56. The minimum atomic E-state index is 0.542. The number of nitrogens with one attached hydrogen (secondary N) is 1. The van der Waals surface area contributed by atoms with Crippen molar-refractivity contribution in [3.8, 4) is 22.4 Å². The highest BCUT2D eigenvalue weighted by atomic mass is 15.2. The fourth-order valence-electron chi connectivity index (χ4n) is 4.85. The molecule has 0 spiro atoms. The predicted molar refractivity (Wildman–Crippen MR) is 116 cm³/mol. The Morgan fingerprint density at radius 1 is 0.821 bits per heavy atom. The number of pyridine rings is 1. The largest absolute Gasteiger partial charge is 0.379 e. The summed E-state index contributed by atoms with van der Waals surface area (Å²) in [6.07, 6.45) is 4.63. The maximum atomic E-state index is 4.73. The SMILES string of the molecule is C[C@@H]1[C@H](Nc2ccc(-c3ccc(-c4ccccc4)cc3)nc2)C2CCN1CC2. The van der Waals surface area contributed by atoms with Gasteiger partial charge in [-0.25, -0.2) is 0 Å². The number of aromatic nitrogens is 1. The predicted octanol–water partition coefficient (Wildman–Crippen LogP) is 5.31. The zero-order valence-corrected chi connectivity index (χ0v) is 16.4. The van der Waals surface area contributed by atoms with Gasteiger partial charge in [0, 0.05) is 17.6 Å².